The molecule has 1 aliphatic heterocycles. The summed E-state index contributed by atoms with van der Waals surface area (Å²) in [5.74, 6) is 0.405. The SMILES string of the molecule is CCC(CO)N1CCN(Cc2cc(C)c(C)cc2O)CC1. The minimum absolute atomic E-state index is 0.244. The van der Waals surface area contributed by atoms with E-state index in [9.17, 15) is 10.2 Å². The third kappa shape index (κ3) is 3.96. The second-order valence-electron chi connectivity index (χ2n) is 6.12. The van der Waals surface area contributed by atoms with Crippen molar-refractivity contribution >= 4 is 0 Å². The second kappa shape index (κ2) is 7.25. The lowest BCUT2D eigenvalue weighted by Crippen LogP contribution is -2.50. The van der Waals surface area contributed by atoms with Gasteiger partial charge in [-0.05, 0) is 37.5 Å². The molecule has 1 unspecified atom stereocenters. The van der Waals surface area contributed by atoms with E-state index in [1.54, 1.807) is 0 Å². The van der Waals surface area contributed by atoms with Crippen LogP contribution in [0.1, 0.15) is 30.0 Å². The first-order valence-electron chi connectivity index (χ1n) is 7.91. The van der Waals surface area contributed by atoms with Crippen LogP contribution in [0.3, 0.4) is 0 Å². The van der Waals surface area contributed by atoms with E-state index < -0.39 is 0 Å². The van der Waals surface area contributed by atoms with Crippen molar-refractivity contribution in [1.29, 1.82) is 0 Å². The molecule has 0 bridgehead atoms. The Kier molecular flexibility index (Phi) is 5.62. The molecule has 4 nitrogen and oxygen atoms in total. The molecule has 21 heavy (non-hydrogen) atoms. The third-order valence-corrected chi connectivity index (χ3v) is 4.69. The molecule has 118 valence electrons. The Morgan fingerprint density at radius 1 is 1.10 bits per heavy atom. The van der Waals surface area contributed by atoms with Crippen LogP contribution in [0.4, 0.5) is 0 Å². The van der Waals surface area contributed by atoms with Gasteiger partial charge in [-0.2, -0.15) is 0 Å². The maximum Gasteiger partial charge on any atom is 0.120 e. The molecule has 0 amide bonds. The van der Waals surface area contributed by atoms with Crippen LogP contribution in [0.25, 0.3) is 0 Å². The first kappa shape index (κ1) is 16.3. The fourth-order valence-electron chi connectivity index (χ4n) is 3.02. The Hall–Kier alpha value is -1.10. The zero-order valence-corrected chi connectivity index (χ0v) is 13.5. The van der Waals surface area contributed by atoms with Gasteiger partial charge in [0.25, 0.3) is 0 Å². The summed E-state index contributed by atoms with van der Waals surface area (Å²) in [4.78, 5) is 4.75. The first-order valence-corrected chi connectivity index (χ1v) is 7.91. The number of aryl methyl sites for hydroxylation is 2. The largest absolute Gasteiger partial charge is 0.508 e. The van der Waals surface area contributed by atoms with Crippen LogP contribution in [0.5, 0.6) is 5.75 Å². The minimum atomic E-state index is 0.244. The van der Waals surface area contributed by atoms with Gasteiger partial charge in [0.05, 0.1) is 6.61 Å². The second-order valence-corrected chi connectivity index (χ2v) is 6.12. The summed E-state index contributed by atoms with van der Waals surface area (Å²) >= 11 is 0. The van der Waals surface area contributed by atoms with Gasteiger partial charge in [-0.1, -0.05) is 13.0 Å². The molecule has 1 fully saturated rings. The van der Waals surface area contributed by atoms with Gasteiger partial charge in [0, 0.05) is 44.3 Å². The van der Waals surface area contributed by atoms with Crippen LogP contribution >= 0.6 is 0 Å². The normalized spacial score (nSPS) is 18.9. The Bertz CT molecular complexity index is 464. The number of aliphatic hydroxyl groups excluding tert-OH is 1. The highest BCUT2D eigenvalue weighted by Gasteiger charge is 2.22. The average molecular weight is 292 g/mol. The molecule has 1 aromatic carbocycles. The number of benzene rings is 1. The van der Waals surface area contributed by atoms with Crippen molar-refractivity contribution < 1.29 is 10.2 Å². The van der Waals surface area contributed by atoms with E-state index >= 15 is 0 Å². The number of aliphatic hydroxyl groups is 1. The number of aromatic hydroxyl groups is 1. The number of hydrogen-bond acceptors (Lipinski definition) is 4. The van der Waals surface area contributed by atoms with Crippen LogP contribution in [-0.4, -0.2) is 58.8 Å². The van der Waals surface area contributed by atoms with Crippen LogP contribution in [0.2, 0.25) is 0 Å². The topological polar surface area (TPSA) is 46.9 Å². The number of rotatable bonds is 5. The Morgan fingerprint density at radius 2 is 1.71 bits per heavy atom. The van der Waals surface area contributed by atoms with E-state index in [0.29, 0.717) is 11.8 Å². The summed E-state index contributed by atoms with van der Waals surface area (Å²) in [5.41, 5.74) is 3.38. The maximum absolute atomic E-state index is 10.1. The van der Waals surface area contributed by atoms with Gasteiger partial charge in [-0.25, -0.2) is 0 Å². The standard InChI is InChI=1S/C17H28N2O2/c1-4-16(12-20)19-7-5-18(6-8-19)11-15-9-13(2)14(3)10-17(15)21/h9-10,16,20-21H,4-8,11-12H2,1-3H3. The van der Waals surface area contributed by atoms with Gasteiger partial charge < -0.3 is 10.2 Å². The zero-order chi connectivity index (χ0) is 15.4. The first-order chi connectivity index (χ1) is 10.0. The molecular formula is C17H28N2O2. The highest BCUT2D eigenvalue weighted by molar-refractivity contribution is 5.40. The van der Waals surface area contributed by atoms with Crippen LogP contribution in [0.15, 0.2) is 12.1 Å². The molecule has 2 rings (SSSR count). The van der Waals surface area contributed by atoms with Crippen LogP contribution in [0, 0.1) is 13.8 Å². The molecule has 0 spiro atoms. The highest BCUT2D eigenvalue weighted by atomic mass is 16.3. The zero-order valence-electron chi connectivity index (χ0n) is 13.5. The fourth-order valence-corrected chi connectivity index (χ4v) is 3.02. The summed E-state index contributed by atoms with van der Waals surface area (Å²) in [6.45, 7) is 11.2. The monoisotopic (exact) mass is 292 g/mol. The van der Waals surface area contributed by atoms with E-state index in [-0.39, 0.29) is 6.61 Å². The van der Waals surface area contributed by atoms with E-state index in [1.165, 1.54) is 5.56 Å². The van der Waals surface area contributed by atoms with Gasteiger partial charge in [0.2, 0.25) is 0 Å². The van der Waals surface area contributed by atoms with Gasteiger partial charge in [0.15, 0.2) is 0 Å². The van der Waals surface area contributed by atoms with Crippen molar-refractivity contribution in [2.24, 2.45) is 0 Å². The predicted octanol–water partition coefficient (Wildman–Crippen LogP) is 1.90. The lowest BCUT2D eigenvalue weighted by Gasteiger charge is -2.38. The molecule has 0 radical (unpaired) electrons. The summed E-state index contributed by atoms with van der Waals surface area (Å²) < 4.78 is 0. The number of hydrogen-bond donors (Lipinski definition) is 2. The molecular weight excluding hydrogens is 264 g/mol. The molecule has 4 heteroatoms. The summed E-state index contributed by atoms with van der Waals surface area (Å²) in [7, 11) is 0. The Morgan fingerprint density at radius 3 is 2.29 bits per heavy atom. The predicted molar refractivity (Wildman–Crippen MR) is 85.6 cm³/mol. The molecule has 1 saturated heterocycles. The van der Waals surface area contributed by atoms with Crippen molar-refractivity contribution in [3.8, 4) is 5.75 Å². The van der Waals surface area contributed by atoms with Gasteiger partial charge >= 0.3 is 0 Å². The van der Waals surface area contributed by atoms with E-state index in [4.69, 9.17) is 0 Å². The van der Waals surface area contributed by atoms with E-state index in [1.807, 2.05) is 13.0 Å². The average Bonchev–Trinajstić information content (AvgIpc) is 2.48. The molecule has 0 aromatic heterocycles. The Balaban J connectivity index is 1.93. The number of piperazine rings is 1. The van der Waals surface area contributed by atoms with Crippen molar-refractivity contribution in [3.63, 3.8) is 0 Å². The molecule has 1 heterocycles. The molecule has 1 aliphatic rings. The van der Waals surface area contributed by atoms with Crippen LogP contribution < -0.4 is 0 Å². The lowest BCUT2D eigenvalue weighted by molar-refractivity contribution is 0.0605. The molecule has 1 atom stereocenters. The maximum atomic E-state index is 10.1. The fraction of sp³-hybridized carbons (Fsp3) is 0.647. The highest BCUT2D eigenvalue weighted by Crippen LogP contribution is 2.24. The van der Waals surface area contributed by atoms with Gasteiger partial charge in [-0.15, -0.1) is 0 Å². The summed E-state index contributed by atoms with van der Waals surface area (Å²) in [6.07, 6.45) is 0.994. The minimum Gasteiger partial charge on any atom is -0.508 e. The quantitative estimate of drug-likeness (QED) is 0.870. The molecule has 0 aliphatic carbocycles. The summed E-state index contributed by atoms with van der Waals surface area (Å²) in [5, 5.41) is 19.5. The smallest absolute Gasteiger partial charge is 0.120 e. The van der Waals surface area contributed by atoms with Crippen molar-refractivity contribution in [2.75, 3.05) is 32.8 Å². The van der Waals surface area contributed by atoms with Crippen molar-refractivity contribution in [1.82, 2.24) is 9.80 Å². The van der Waals surface area contributed by atoms with Gasteiger partial charge in [0.1, 0.15) is 5.75 Å². The third-order valence-electron chi connectivity index (χ3n) is 4.69. The lowest BCUT2D eigenvalue weighted by atomic mass is 10.0. The van der Waals surface area contributed by atoms with Crippen molar-refractivity contribution in [3.05, 3.63) is 28.8 Å². The number of phenols is 1. The number of nitrogens with zero attached hydrogens (tertiary/aromatic N) is 2. The molecule has 1 aromatic rings. The van der Waals surface area contributed by atoms with E-state index in [0.717, 1.165) is 50.3 Å². The number of phenolic OH excluding ortho intramolecular Hbond substituents is 1. The van der Waals surface area contributed by atoms with Crippen molar-refractivity contribution in [2.45, 2.75) is 39.8 Å². The van der Waals surface area contributed by atoms with Gasteiger partial charge in [-0.3, -0.25) is 9.80 Å². The van der Waals surface area contributed by atoms with E-state index in [2.05, 4.69) is 29.7 Å². The molecule has 0 saturated carbocycles. The Labute approximate surface area is 128 Å². The summed E-state index contributed by atoms with van der Waals surface area (Å²) in [6, 6.07) is 4.25. The molecule has 2 N–H and O–H groups in total. The van der Waals surface area contributed by atoms with Crippen LogP contribution in [-0.2, 0) is 6.54 Å².